The van der Waals surface area contributed by atoms with Crippen LogP contribution in [0, 0.1) is 0 Å². The topological polar surface area (TPSA) is 116 Å². The zero-order valence-corrected chi connectivity index (χ0v) is 14.3. The van der Waals surface area contributed by atoms with E-state index < -0.39 is 41.6 Å². The van der Waals surface area contributed by atoms with Gasteiger partial charge in [-0.2, -0.15) is 0 Å². The van der Waals surface area contributed by atoms with Crippen molar-refractivity contribution >= 4 is 0 Å². The highest BCUT2D eigenvalue weighted by Gasteiger charge is 2.55. The Kier molecular flexibility index (Phi) is 4.03. The molecule has 9 nitrogen and oxygen atoms in total. The van der Waals surface area contributed by atoms with E-state index in [4.69, 9.17) is 14.2 Å². The maximum atomic E-state index is 12.4. The number of hydrogen-bond donors (Lipinski definition) is 2. The van der Waals surface area contributed by atoms with Gasteiger partial charge in [0.15, 0.2) is 12.0 Å². The minimum Gasteiger partial charge on any atom is -0.394 e. The molecule has 9 heteroatoms. The second-order valence-corrected chi connectivity index (χ2v) is 6.74. The molecule has 4 atom stereocenters. The Bertz CT molecular complexity index is 922. The first-order chi connectivity index (χ1) is 12.4. The van der Waals surface area contributed by atoms with Gasteiger partial charge in [-0.3, -0.25) is 19.3 Å². The molecular formula is C17H19N3O6. The summed E-state index contributed by atoms with van der Waals surface area (Å²) in [5.74, 6) is -0.861. The summed E-state index contributed by atoms with van der Waals surface area (Å²) in [7, 11) is 0. The largest absolute Gasteiger partial charge is 0.394 e. The van der Waals surface area contributed by atoms with Gasteiger partial charge < -0.3 is 19.3 Å². The molecule has 2 aromatic rings. The zero-order chi connectivity index (χ0) is 18.5. The van der Waals surface area contributed by atoms with Crippen molar-refractivity contribution in [2.24, 2.45) is 0 Å². The Hall–Kier alpha value is -2.33. The second-order valence-electron chi connectivity index (χ2n) is 6.74. The minimum atomic E-state index is -0.861. The number of rotatable bonds is 3. The quantitative estimate of drug-likeness (QED) is 0.791. The molecule has 2 fully saturated rings. The predicted octanol–water partition coefficient (Wildman–Crippen LogP) is 0.00840. The summed E-state index contributed by atoms with van der Waals surface area (Å²) >= 11 is 0. The maximum Gasteiger partial charge on any atom is 0.330 e. The number of pyridine rings is 1. The number of nitrogens with zero attached hydrogens (tertiary/aromatic N) is 2. The van der Waals surface area contributed by atoms with Crippen LogP contribution in [0.1, 0.15) is 20.1 Å². The number of aromatic nitrogens is 3. The van der Waals surface area contributed by atoms with Gasteiger partial charge >= 0.3 is 5.69 Å². The summed E-state index contributed by atoms with van der Waals surface area (Å²) in [6.07, 6.45) is 0.374. The molecule has 2 aliphatic heterocycles. The van der Waals surface area contributed by atoms with Crippen molar-refractivity contribution in [3.05, 3.63) is 51.4 Å². The van der Waals surface area contributed by atoms with Gasteiger partial charge in [0.1, 0.15) is 18.3 Å². The Morgan fingerprint density at radius 3 is 2.73 bits per heavy atom. The van der Waals surface area contributed by atoms with Gasteiger partial charge in [-0.25, -0.2) is 4.79 Å². The number of H-pyrrole nitrogens is 1. The molecule has 0 bridgehead atoms. The van der Waals surface area contributed by atoms with Crippen LogP contribution in [-0.4, -0.2) is 50.3 Å². The number of aromatic amines is 1. The summed E-state index contributed by atoms with van der Waals surface area (Å²) in [6, 6.07) is 5.15. The second kappa shape index (κ2) is 6.13. The van der Waals surface area contributed by atoms with Crippen molar-refractivity contribution < 1.29 is 19.3 Å². The summed E-state index contributed by atoms with van der Waals surface area (Å²) in [5.41, 5.74) is -0.511. The lowest BCUT2D eigenvalue weighted by molar-refractivity contribution is -0.200. The highest BCUT2D eigenvalue weighted by molar-refractivity contribution is 5.55. The minimum absolute atomic E-state index is 0.232. The lowest BCUT2D eigenvalue weighted by Crippen LogP contribution is -2.38. The van der Waals surface area contributed by atoms with Crippen molar-refractivity contribution in [2.75, 3.05) is 6.61 Å². The monoisotopic (exact) mass is 361 g/mol. The number of nitrogens with one attached hydrogen (secondary N) is 1. The smallest absolute Gasteiger partial charge is 0.330 e. The number of hydrogen-bond acceptors (Lipinski definition) is 7. The Balaban J connectivity index is 1.78. The van der Waals surface area contributed by atoms with Crippen molar-refractivity contribution in [3.63, 3.8) is 0 Å². The van der Waals surface area contributed by atoms with Gasteiger partial charge in [0, 0.05) is 12.4 Å². The van der Waals surface area contributed by atoms with Crippen LogP contribution in [0.25, 0.3) is 11.3 Å². The van der Waals surface area contributed by atoms with Gasteiger partial charge in [-0.15, -0.1) is 0 Å². The summed E-state index contributed by atoms with van der Waals surface area (Å²) < 4.78 is 18.7. The van der Waals surface area contributed by atoms with Crippen LogP contribution in [0.3, 0.4) is 0 Å². The van der Waals surface area contributed by atoms with E-state index in [-0.39, 0.29) is 12.2 Å². The number of aliphatic hydroxyl groups excluding tert-OH is 1. The van der Waals surface area contributed by atoms with E-state index in [2.05, 4.69) is 9.97 Å². The molecule has 0 radical (unpaired) electrons. The molecule has 0 aromatic carbocycles. The summed E-state index contributed by atoms with van der Waals surface area (Å²) in [6.45, 7) is 3.24. The summed E-state index contributed by atoms with van der Waals surface area (Å²) in [5, 5.41) is 9.58. The van der Waals surface area contributed by atoms with Gasteiger partial charge in [0.25, 0.3) is 5.56 Å². The van der Waals surface area contributed by atoms with Crippen LogP contribution >= 0.6 is 0 Å². The molecule has 26 heavy (non-hydrogen) atoms. The lowest BCUT2D eigenvalue weighted by atomic mass is 10.1. The molecule has 2 aliphatic rings. The molecule has 0 unspecified atom stereocenters. The summed E-state index contributed by atoms with van der Waals surface area (Å²) in [4.78, 5) is 31.1. The van der Waals surface area contributed by atoms with Crippen molar-refractivity contribution in [2.45, 2.75) is 44.2 Å². The fourth-order valence-corrected chi connectivity index (χ4v) is 3.41. The van der Waals surface area contributed by atoms with E-state index in [1.807, 2.05) is 0 Å². The molecule has 0 aliphatic carbocycles. The fourth-order valence-electron chi connectivity index (χ4n) is 3.41. The standard InChI is InChI=1S/C17H19N3O6/c1-17(2)25-12-11(8-21)24-15(13(12)26-17)20-7-9(14(22)19-16(20)23)10-5-3-4-6-18-10/h3-7,11-13,15,21H,8H2,1-2H3,(H,19,22,23)/t11-,12-,13+,15-/m1/s1. The van der Waals surface area contributed by atoms with Gasteiger partial charge in [0.05, 0.1) is 17.9 Å². The van der Waals surface area contributed by atoms with Crippen LogP contribution in [0.4, 0.5) is 0 Å². The molecule has 4 rings (SSSR count). The van der Waals surface area contributed by atoms with E-state index in [9.17, 15) is 14.7 Å². The molecule has 0 spiro atoms. The molecule has 0 amide bonds. The van der Waals surface area contributed by atoms with Gasteiger partial charge in [0.2, 0.25) is 0 Å². The molecule has 2 aromatic heterocycles. The van der Waals surface area contributed by atoms with Gasteiger partial charge in [-0.05, 0) is 26.0 Å². The van der Waals surface area contributed by atoms with E-state index in [0.29, 0.717) is 5.69 Å². The first-order valence-electron chi connectivity index (χ1n) is 8.28. The molecule has 2 saturated heterocycles. The van der Waals surface area contributed by atoms with E-state index >= 15 is 0 Å². The normalized spacial score (nSPS) is 29.7. The molecule has 0 saturated carbocycles. The SMILES string of the molecule is CC1(C)O[C@H]2[C@H](O1)[C@@H](CO)O[C@H]2n1cc(-c2ccccn2)c(=O)[nH]c1=O. The average molecular weight is 361 g/mol. The third-order valence-corrected chi connectivity index (χ3v) is 4.49. The van der Waals surface area contributed by atoms with Crippen LogP contribution in [0.5, 0.6) is 0 Å². The highest BCUT2D eigenvalue weighted by atomic mass is 16.8. The third-order valence-electron chi connectivity index (χ3n) is 4.49. The van der Waals surface area contributed by atoms with Crippen LogP contribution in [0.15, 0.2) is 40.2 Å². The van der Waals surface area contributed by atoms with E-state index in [1.165, 1.54) is 10.8 Å². The van der Waals surface area contributed by atoms with E-state index in [0.717, 1.165) is 0 Å². The Morgan fingerprint density at radius 2 is 2.04 bits per heavy atom. The Labute approximate surface area is 148 Å². The Morgan fingerprint density at radius 1 is 1.27 bits per heavy atom. The number of ether oxygens (including phenoxy) is 3. The predicted molar refractivity (Wildman–Crippen MR) is 89.4 cm³/mol. The zero-order valence-electron chi connectivity index (χ0n) is 14.3. The average Bonchev–Trinajstić information content (AvgIpc) is 3.09. The number of fused-ring (bicyclic) bond motifs is 1. The van der Waals surface area contributed by atoms with Crippen molar-refractivity contribution in [3.8, 4) is 11.3 Å². The maximum absolute atomic E-state index is 12.4. The first kappa shape index (κ1) is 17.1. The first-order valence-corrected chi connectivity index (χ1v) is 8.28. The molecule has 2 N–H and O–H groups in total. The van der Waals surface area contributed by atoms with Crippen molar-refractivity contribution in [1.82, 2.24) is 14.5 Å². The van der Waals surface area contributed by atoms with Gasteiger partial charge in [-0.1, -0.05) is 6.07 Å². The lowest BCUT2D eigenvalue weighted by Gasteiger charge is -2.24. The fraction of sp³-hybridized carbons (Fsp3) is 0.471. The molecular weight excluding hydrogens is 342 g/mol. The van der Waals surface area contributed by atoms with Crippen LogP contribution in [-0.2, 0) is 14.2 Å². The molecule has 138 valence electrons. The third kappa shape index (κ3) is 2.78. The highest BCUT2D eigenvalue weighted by Crippen LogP contribution is 2.42. The van der Waals surface area contributed by atoms with Crippen LogP contribution < -0.4 is 11.2 Å². The van der Waals surface area contributed by atoms with Crippen molar-refractivity contribution in [1.29, 1.82) is 0 Å². The van der Waals surface area contributed by atoms with E-state index in [1.54, 1.807) is 38.2 Å². The molecule has 4 heterocycles. The van der Waals surface area contributed by atoms with Crippen LogP contribution in [0.2, 0.25) is 0 Å². The number of aliphatic hydroxyl groups is 1.